The lowest BCUT2D eigenvalue weighted by atomic mass is 9.89. The van der Waals surface area contributed by atoms with E-state index in [2.05, 4.69) is 15.3 Å². The molecular weight excluding hydrogens is 346 g/mol. The van der Waals surface area contributed by atoms with E-state index in [0.29, 0.717) is 22.8 Å². The van der Waals surface area contributed by atoms with Crippen molar-refractivity contribution in [2.24, 2.45) is 15.7 Å². The second-order valence-electron chi connectivity index (χ2n) is 6.12. The normalized spacial score (nSPS) is 26.0. The molecule has 0 fully saturated rings. The highest BCUT2D eigenvalue weighted by atomic mass is 32.2. The zero-order valence-corrected chi connectivity index (χ0v) is 14.4. The largest absolute Gasteiger partial charge is 0.379 e. The molecule has 2 aliphatic heterocycles. The average Bonchev–Trinajstić information content (AvgIpc) is 2.57. The van der Waals surface area contributed by atoms with Crippen LogP contribution in [-0.4, -0.2) is 29.1 Å². The molecule has 3 rings (SSSR count). The first kappa shape index (κ1) is 17.6. The summed E-state index contributed by atoms with van der Waals surface area (Å²) in [5.74, 6) is -0.475. The number of halogens is 2. The van der Waals surface area contributed by atoms with Crippen molar-refractivity contribution in [2.75, 3.05) is 11.1 Å². The van der Waals surface area contributed by atoms with Crippen molar-refractivity contribution in [3.63, 3.8) is 0 Å². The van der Waals surface area contributed by atoms with Crippen molar-refractivity contribution in [1.29, 1.82) is 0 Å². The van der Waals surface area contributed by atoms with Gasteiger partial charge in [-0.3, -0.25) is 14.8 Å². The number of dihydropyridines is 1. The summed E-state index contributed by atoms with van der Waals surface area (Å²) in [7, 11) is 0. The van der Waals surface area contributed by atoms with Crippen LogP contribution in [0.15, 0.2) is 40.1 Å². The first-order valence-corrected chi connectivity index (χ1v) is 8.84. The van der Waals surface area contributed by atoms with Crippen LogP contribution in [0, 0.1) is 5.82 Å². The fourth-order valence-corrected chi connectivity index (χ4v) is 3.77. The second-order valence-corrected chi connectivity index (χ2v) is 7.24. The van der Waals surface area contributed by atoms with Crippen molar-refractivity contribution in [3.05, 3.63) is 41.5 Å². The summed E-state index contributed by atoms with van der Waals surface area (Å²) in [6, 6.07) is 3.66. The number of thioether (sulfide) groups is 1. The van der Waals surface area contributed by atoms with Gasteiger partial charge in [-0.05, 0) is 44.0 Å². The van der Waals surface area contributed by atoms with Crippen LogP contribution >= 0.6 is 11.8 Å². The Morgan fingerprint density at radius 3 is 2.92 bits per heavy atom. The van der Waals surface area contributed by atoms with E-state index in [1.165, 1.54) is 30.0 Å². The van der Waals surface area contributed by atoms with E-state index < -0.39 is 23.2 Å². The fourth-order valence-electron chi connectivity index (χ4n) is 2.80. The van der Waals surface area contributed by atoms with Gasteiger partial charge in [-0.25, -0.2) is 8.78 Å². The Labute approximate surface area is 148 Å². The number of nitrogens with one attached hydrogen (secondary N) is 1. The first-order valence-electron chi connectivity index (χ1n) is 7.85. The molecule has 0 radical (unpaired) electrons. The fraction of sp³-hybridized carbons (Fsp3) is 0.353. The van der Waals surface area contributed by atoms with Crippen molar-refractivity contribution in [1.82, 2.24) is 0 Å². The number of allylic oxidation sites excluding steroid dienone is 1. The quantitative estimate of drug-likeness (QED) is 0.865. The highest BCUT2D eigenvalue weighted by Crippen LogP contribution is 2.37. The lowest BCUT2D eigenvalue weighted by Gasteiger charge is -2.30. The number of aliphatic imine (C=N–C) groups is 2. The van der Waals surface area contributed by atoms with Crippen LogP contribution in [0.25, 0.3) is 0 Å². The summed E-state index contributed by atoms with van der Waals surface area (Å²) in [5, 5.41) is 3.13. The highest BCUT2D eigenvalue weighted by molar-refractivity contribution is 8.13. The highest BCUT2D eigenvalue weighted by Gasteiger charge is 2.32. The molecule has 0 aliphatic carbocycles. The van der Waals surface area contributed by atoms with Crippen LogP contribution in [0.5, 0.6) is 0 Å². The Morgan fingerprint density at radius 2 is 2.24 bits per heavy atom. The van der Waals surface area contributed by atoms with Gasteiger partial charge in [0.2, 0.25) is 5.91 Å². The van der Waals surface area contributed by atoms with Gasteiger partial charge in [0, 0.05) is 17.0 Å². The molecule has 0 saturated heterocycles. The van der Waals surface area contributed by atoms with Crippen LogP contribution < -0.4 is 11.1 Å². The third-order valence-electron chi connectivity index (χ3n) is 4.23. The van der Waals surface area contributed by atoms with Crippen molar-refractivity contribution < 1.29 is 13.6 Å². The molecule has 1 aromatic rings. The van der Waals surface area contributed by atoms with E-state index in [1.807, 2.05) is 6.92 Å². The van der Waals surface area contributed by atoms with Gasteiger partial charge in [0.25, 0.3) is 0 Å². The first-order chi connectivity index (χ1) is 11.9. The molecule has 0 bridgehead atoms. The molecule has 132 valence electrons. The minimum atomic E-state index is -0.769. The smallest absolute Gasteiger partial charge is 0.249 e. The third kappa shape index (κ3) is 3.89. The summed E-state index contributed by atoms with van der Waals surface area (Å²) in [6.45, 7) is 1.82. The Hall–Kier alpha value is -2.22. The number of amidine groups is 1. The minimum Gasteiger partial charge on any atom is -0.379 e. The summed E-state index contributed by atoms with van der Waals surface area (Å²) in [6.07, 6.45) is 3.18. The Balaban J connectivity index is 1.81. The maximum absolute atomic E-state index is 14.4. The van der Waals surface area contributed by atoms with Gasteiger partial charge in [0.15, 0.2) is 5.17 Å². The Kier molecular flexibility index (Phi) is 4.89. The van der Waals surface area contributed by atoms with E-state index in [-0.39, 0.29) is 12.3 Å². The molecule has 1 amide bonds. The van der Waals surface area contributed by atoms with Crippen LogP contribution in [0.1, 0.15) is 25.3 Å². The number of carbonyl (C=O) groups is 1. The number of amides is 1. The maximum Gasteiger partial charge on any atom is 0.249 e. The molecule has 3 N–H and O–H groups in total. The number of carbonyl (C=O) groups excluding carboxylic acids is 1. The predicted octanol–water partition coefficient (Wildman–Crippen LogP) is 3.13. The number of benzene rings is 1. The molecule has 0 saturated carbocycles. The van der Waals surface area contributed by atoms with Crippen LogP contribution in [-0.2, 0) is 10.3 Å². The summed E-state index contributed by atoms with van der Waals surface area (Å²) in [5.41, 5.74) is 5.85. The van der Waals surface area contributed by atoms with E-state index >= 15 is 0 Å². The lowest BCUT2D eigenvalue weighted by Crippen LogP contribution is -2.30. The summed E-state index contributed by atoms with van der Waals surface area (Å²) >= 11 is 1.44. The van der Waals surface area contributed by atoms with Gasteiger partial charge in [-0.1, -0.05) is 11.8 Å². The molecule has 2 heterocycles. The van der Waals surface area contributed by atoms with Gasteiger partial charge in [-0.2, -0.15) is 0 Å². The van der Waals surface area contributed by atoms with E-state index in [9.17, 15) is 13.6 Å². The average molecular weight is 364 g/mol. The van der Waals surface area contributed by atoms with Crippen LogP contribution in [0.3, 0.4) is 0 Å². The van der Waals surface area contributed by atoms with Crippen molar-refractivity contribution in [2.45, 2.75) is 31.3 Å². The molecule has 2 aliphatic rings. The molecule has 0 aromatic heterocycles. The molecule has 5 nitrogen and oxygen atoms in total. The SMILES string of the molecule is C[C@@]1(c2cc(NC(=O)C3CC=C(F)C=N3)ccc2F)CCSC(N)=N1. The number of nitrogens with zero attached hydrogens (tertiary/aromatic N) is 2. The summed E-state index contributed by atoms with van der Waals surface area (Å²) < 4.78 is 27.3. The van der Waals surface area contributed by atoms with E-state index in [4.69, 9.17) is 5.73 Å². The van der Waals surface area contributed by atoms with Gasteiger partial charge >= 0.3 is 0 Å². The lowest BCUT2D eigenvalue weighted by molar-refractivity contribution is -0.117. The molecule has 1 aromatic carbocycles. The molecule has 0 spiro atoms. The molecule has 2 atom stereocenters. The van der Waals surface area contributed by atoms with Gasteiger partial charge < -0.3 is 11.1 Å². The molecule has 8 heteroatoms. The van der Waals surface area contributed by atoms with Crippen molar-refractivity contribution >= 4 is 34.7 Å². The standard InChI is InChI=1S/C17H18F2N4OS/c1-17(6-7-25-16(20)23-17)12-8-11(3-4-13(12)19)22-15(24)14-5-2-10(18)9-21-14/h2-4,8-9,14H,5-7H2,1H3,(H2,20,23)(H,22,24)/t14?,17-/m0/s1. The third-order valence-corrected chi connectivity index (χ3v) is 5.02. The topological polar surface area (TPSA) is 79.8 Å². The number of rotatable bonds is 3. The number of nitrogens with two attached hydrogens (primary N) is 1. The predicted molar refractivity (Wildman–Crippen MR) is 97.2 cm³/mol. The Bertz CT molecular complexity index is 793. The minimum absolute atomic E-state index is 0.192. The molecular formula is C17H18F2N4OS. The van der Waals surface area contributed by atoms with Crippen LogP contribution in [0.4, 0.5) is 14.5 Å². The molecule has 25 heavy (non-hydrogen) atoms. The van der Waals surface area contributed by atoms with E-state index in [1.54, 1.807) is 6.07 Å². The Morgan fingerprint density at radius 1 is 1.44 bits per heavy atom. The zero-order chi connectivity index (χ0) is 18.0. The monoisotopic (exact) mass is 364 g/mol. The molecule has 1 unspecified atom stereocenters. The maximum atomic E-state index is 14.4. The van der Waals surface area contributed by atoms with E-state index in [0.717, 1.165) is 12.0 Å². The zero-order valence-electron chi connectivity index (χ0n) is 13.6. The van der Waals surface area contributed by atoms with Crippen molar-refractivity contribution in [3.8, 4) is 0 Å². The number of anilines is 1. The summed E-state index contributed by atoms with van der Waals surface area (Å²) in [4.78, 5) is 20.5. The number of hydrogen-bond donors (Lipinski definition) is 2. The van der Waals surface area contributed by atoms with Crippen LogP contribution in [0.2, 0.25) is 0 Å². The van der Waals surface area contributed by atoms with Gasteiger partial charge in [0.1, 0.15) is 17.7 Å². The second kappa shape index (κ2) is 6.95. The van der Waals surface area contributed by atoms with Gasteiger partial charge in [0.05, 0.1) is 11.8 Å². The van der Waals surface area contributed by atoms with Gasteiger partial charge in [-0.15, -0.1) is 0 Å². The number of hydrogen-bond acceptors (Lipinski definition) is 5.